The maximum absolute atomic E-state index is 12.6. The molecule has 2 rings (SSSR count). The number of aryl methyl sites for hydroxylation is 3. The fourth-order valence-electron chi connectivity index (χ4n) is 2.26. The van der Waals surface area contributed by atoms with Gasteiger partial charge in [0.25, 0.3) is 10.0 Å². The second-order valence-corrected chi connectivity index (χ2v) is 7.16. The Morgan fingerprint density at radius 3 is 2.25 bits per heavy atom. The summed E-state index contributed by atoms with van der Waals surface area (Å²) < 4.78 is 32.9. The lowest BCUT2D eigenvalue weighted by atomic mass is 10.1. The summed E-state index contributed by atoms with van der Waals surface area (Å²) in [5, 5.41) is 8.63. The molecular weight excluding hydrogens is 330 g/mol. The minimum absolute atomic E-state index is 0.0883. The van der Waals surface area contributed by atoms with Gasteiger partial charge in [0.15, 0.2) is 6.61 Å². The van der Waals surface area contributed by atoms with Crippen molar-refractivity contribution >= 4 is 21.7 Å². The third kappa shape index (κ3) is 4.05. The molecule has 2 aromatic carbocycles. The molecule has 0 saturated heterocycles. The number of para-hydroxylation sites is 1. The van der Waals surface area contributed by atoms with E-state index in [2.05, 4.69) is 4.72 Å². The van der Waals surface area contributed by atoms with Crippen molar-refractivity contribution in [3.8, 4) is 5.75 Å². The number of hydrogen-bond acceptors (Lipinski definition) is 4. The Balaban J connectivity index is 2.30. The first-order valence-electron chi connectivity index (χ1n) is 7.25. The fourth-order valence-corrected chi connectivity index (χ4v) is 3.55. The lowest BCUT2D eigenvalue weighted by Crippen LogP contribution is -2.15. The number of carbonyl (C=O) groups is 1. The van der Waals surface area contributed by atoms with Gasteiger partial charge in [-0.15, -0.1) is 0 Å². The Morgan fingerprint density at radius 1 is 1.08 bits per heavy atom. The van der Waals surface area contributed by atoms with E-state index in [4.69, 9.17) is 9.84 Å². The van der Waals surface area contributed by atoms with Crippen LogP contribution in [-0.4, -0.2) is 26.1 Å². The maximum Gasteiger partial charge on any atom is 0.341 e. The molecule has 6 nitrogen and oxygen atoms in total. The van der Waals surface area contributed by atoms with E-state index in [0.717, 1.165) is 11.1 Å². The van der Waals surface area contributed by atoms with Crippen LogP contribution < -0.4 is 9.46 Å². The van der Waals surface area contributed by atoms with Crippen molar-refractivity contribution in [2.45, 2.75) is 25.7 Å². The highest BCUT2D eigenvalue weighted by atomic mass is 32.2. The second kappa shape index (κ2) is 6.92. The summed E-state index contributed by atoms with van der Waals surface area (Å²) in [7, 11) is -3.75. The molecule has 0 unspecified atom stereocenters. The van der Waals surface area contributed by atoms with E-state index in [-0.39, 0.29) is 4.90 Å². The monoisotopic (exact) mass is 349 g/mol. The molecule has 0 aliphatic carbocycles. The molecule has 0 atom stereocenters. The van der Waals surface area contributed by atoms with Gasteiger partial charge in [0.05, 0.1) is 10.6 Å². The molecule has 0 aliphatic heterocycles. The first kappa shape index (κ1) is 17.8. The van der Waals surface area contributed by atoms with E-state index >= 15 is 0 Å². The normalized spacial score (nSPS) is 11.1. The van der Waals surface area contributed by atoms with Gasteiger partial charge in [-0.25, -0.2) is 13.2 Å². The number of rotatable bonds is 6. The van der Waals surface area contributed by atoms with Gasteiger partial charge in [-0.1, -0.05) is 18.2 Å². The summed E-state index contributed by atoms with van der Waals surface area (Å²) in [6.45, 7) is 4.85. The van der Waals surface area contributed by atoms with Gasteiger partial charge in [0.1, 0.15) is 5.75 Å². The zero-order valence-corrected chi connectivity index (χ0v) is 14.5. The zero-order valence-electron chi connectivity index (χ0n) is 13.7. The number of ether oxygens (including phenoxy) is 1. The Morgan fingerprint density at radius 2 is 1.71 bits per heavy atom. The summed E-state index contributed by atoms with van der Waals surface area (Å²) in [5.41, 5.74) is 2.76. The van der Waals surface area contributed by atoms with Crippen molar-refractivity contribution in [2.24, 2.45) is 0 Å². The van der Waals surface area contributed by atoms with Crippen LogP contribution in [0.25, 0.3) is 0 Å². The van der Waals surface area contributed by atoms with E-state index < -0.39 is 22.6 Å². The van der Waals surface area contributed by atoms with Crippen molar-refractivity contribution in [2.75, 3.05) is 11.3 Å². The van der Waals surface area contributed by atoms with Crippen molar-refractivity contribution in [3.63, 3.8) is 0 Å². The number of aliphatic carboxylic acids is 1. The molecule has 0 heterocycles. The molecule has 0 fully saturated rings. The van der Waals surface area contributed by atoms with Crippen LogP contribution in [0, 0.1) is 20.8 Å². The van der Waals surface area contributed by atoms with E-state index in [1.54, 1.807) is 6.92 Å². The van der Waals surface area contributed by atoms with Gasteiger partial charge < -0.3 is 9.84 Å². The van der Waals surface area contributed by atoms with E-state index in [1.165, 1.54) is 18.2 Å². The van der Waals surface area contributed by atoms with E-state index in [0.29, 0.717) is 17.0 Å². The number of anilines is 1. The van der Waals surface area contributed by atoms with Gasteiger partial charge >= 0.3 is 5.97 Å². The molecule has 0 bridgehead atoms. The predicted octanol–water partition coefficient (Wildman–Crippen LogP) is 2.88. The Bertz CT molecular complexity index is 854. The van der Waals surface area contributed by atoms with Gasteiger partial charge in [-0.3, -0.25) is 4.72 Å². The topological polar surface area (TPSA) is 92.7 Å². The highest BCUT2D eigenvalue weighted by Crippen LogP contribution is 2.26. The van der Waals surface area contributed by atoms with Crippen molar-refractivity contribution in [1.82, 2.24) is 0 Å². The number of benzene rings is 2. The largest absolute Gasteiger partial charge is 0.482 e. The average Bonchev–Trinajstić information content (AvgIpc) is 2.49. The zero-order chi connectivity index (χ0) is 17.9. The first-order valence-corrected chi connectivity index (χ1v) is 8.73. The molecule has 0 radical (unpaired) electrons. The summed E-state index contributed by atoms with van der Waals surface area (Å²) in [5.74, 6) is -0.758. The van der Waals surface area contributed by atoms with Crippen LogP contribution in [0.5, 0.6) is 5.75 Å². The predicted molar refractivity (Wildman–Crippen MR) is 91.0 cm³/mol. The van der Waals surface area contributed by atoms with Crippen LogP contribution in [0.2, 0.25) is 0 Å². The van der Waals surface area contributed by atoms with Crippen molar-refractivity contribution < 1.29 is 23.1 Å². The number of sulfonamides is 1. The van der Waals surface area contributed by atoms with Crippen molar-refractivity contribution in [1.29, 1.82) is 0 Å². The third-order valence-electron chi connectivity index (χ3n) is 3.53. The standard InChI is InChI=1S/C17H19NO5S/c1-11-5-4-6-12(2)17(11)18-24(21,22)14-7-8-15(13(3)9-14)23-10-16(19)20/h4-9,18H,10H2,1-3H3,(H,19,20). The highest BCUT2D eigenvalue weighted by Gasteiger charge is 2.18. The highest BCUT2D eigenvalue weighted by molar-refractivity contribution is 7.92. The van der Waals surface area contributed by atoms with Crippen LogP contribution in [0.3, 0.4) is 0 Å². The lowest BCUT2D eigenvalue weighted by Gasteiger charge is -2.14. The molecule has 7 heteroatoms. The van der Waals surface area contributed by atoms with E-state index in [1.807, 2.05) is 32.0 Å². The van der Waals surface area contributed by atoms with Gasteiger partial charge in [-0.05, 0) is 55.7 Å². The average molecular weight is 349 g/mol. The Labute approximate surface area is 141 Å². The smallest absolute Gasteiger partial charge is 0.341 e. The Hall–Kier alpha value is -2.54. The molecule has 2 N–H and O–H groups in total. The molecule has 0 saturated carbocycles. The molecule has 24 heavy (non-hydrogen) atoms. The van der Waals surface area contributed by atoms with Crippen molar-refractivity contribution in [3.05, 3.63) is 53.1 Å². The van der Waals surface area contributed by atoms with Crippen LogP contribution >= 0.6 is 0 Å². The minimum Gasteiger partial charge on any atom is -0.482 e. The van der Waals surface area contributed by atoms with Crippen LogP contribution in [0.15, 0.2) is 41.3 Å². The molecule has 2 aromatic rings. The summed E-state index contributed by atoms with van der Waals surface area (Å²) >= 11 is 0. The molecule has 0 aromatic heterocycles. The van der Waals surface area contributed by atoms with E-state index in [9.17, 15) is 13.2 Å². The van der Waals surface area contributed by atoms with Gasteiger partial charge in [-0.2, -0.15) is 0 Å². The maximum atomic E-state index is 12.6. The minimum atomic E-state index is -3.75. The van der Waals surface area contributed by atoms with Crippen LogP contribution in [0.4, 0.5) is 5.69 Å². The quantitative estimate of drug-likeness (QED) is 0.836. The summed E-state index contributed by atoms with van der Waals surface area (Å²) in [4.78, 5) is 10.6. The molecule has 128 valence electrons. The first-order chi connectivity index (χ1) is 11.2. The molecule has 0 spiro atoms. The number of carboxylic acids is 1. The molecular formula is C17H19NO5S. The van der Waals surface area contributed by atoms with Gasteiger partial charge in [0.2, 0.25) is 0 Å². The molecule has 0 aliphatic rings. The molecule has 0 amide bonds. The second-order valence-electron chi connectivity index (χ2n) is 5.48. The van der Waals surface area contributed by atoms with Crippen LogP contribution in [-0.2, 0) is 14.8 Å². The SMILES string of the molecule is Cc1cc(S(=O)(=O)Nc2c(C)cccc2C)ccc1OCC(=O)O. The number of hydrogen-bond donors (Lipinski definition) is 2. The fraction of sp³-hybridized carbons (Fsp3) is 0.235. The van der Waals surface area contributed by atoms with Gasteiger partial charge in [0, 0.05) is 0 Å². The number of carboxylic acid groups (broad SMARTS) is 1. The summed E-state index contributed by atoms with van der Waals surface area (Å²) in [6, 6.07) is 9.82. The lowest BCUT2D eigenvalue weighted by molar-refractivity contribution is -0.139. The summed E-state index contributed by atoms with van der Waals surface area (Å²) in [6.07, 6.45) is 0. The third-order valence-corrected chi connectivity index (χ3v) is 4.87. The number of nitrogens with one attached hydrogen (secondary N) is 1. The Kier molecular flexibility index (Phi) is 5.14. The van der Waals surface area contributed by atoms with Crippen LogP contribution in [0.1, 0.15) is 16.7 Å².